The first-order chi connectivity index (χ1) is 9.05. The molecule has 0 saturated heterocycles. The van der Waals surface area contributed by atoms with Gasteiger partial charge in [-0.25, -0.2) is 8.42 Å². The Morgan fingerprint density at radius 2 is 1.89 bits per heavy atom. The Kier molecular flexibility index (Phi) is 4.05. The molecule has 0 bridgehead atoms. The van der Waals surface area contributed by atoms with Crippen molar-refractivity contribution >= 4 is 21.4 Å². The summed E-state index contributed by atoms with van der Waals surface area (Å²) in [6.07, 6.45) is 5.15. The summed E-state index contributed by atoms with van der Waals surface area (Å²) in [6, 6.07) is 13.1. The smallest absolute Gasteiger partial charge is 0.206 e. The molecule has 98 valence electrons. The van der Waals surface area contributed by atoms with Crippen molar-refractivity contribution < 1.29 is 8.42 Å². The first-order valence-corrected chi connectivity index (χ1v) is 7.86. The molecule has 0 radical (unpaired) electrons. The van der Waals surface area contributed by atoms with Crippen LogP contribution in [0.1, 0.15) is 0 Å². The summed E-state index contributed by atoms with van der Waals surface area (Å²) < 4.78 is 25.9. The van der Waals surface area contributed by atoms with Gasteiger partial charge in [0.05, 0.1) is 6.54 Å². The van der Waals surface area contributed by atoms with Gasteiger partial charge in [0.15, 0.2) is 0 Å². The third-order valence-corrected chi connectivity index (χ3v) is 6.02. The first-order valence-electron chi connectivity index (χ1n) is 5.61. The van der Waals surface area contributed by atoms with E-state index >= 15 is 0 Å². The second kappa shape index (κ2) is 5.57. The zero-order valence-corrected chi connectivity index (χ0v) is 12.0. The van der Waals surface area contributed by atoms with E-state index in [0.29, 0.717) is 4.21 Å². The van der Waals surface area contributed by atoms with Crippen LogP contribution in [-0.4, -0.2) is 26.3 Å². The van der Waals surface area contributed by atoms with Crippen LogP contribution in [-0.2, 0) is 10.0 Å². The molecule has 0 saturated carbocycles. The lowest BCUT2D eigenvalue weighted by atomic mass is 10.2. The molecule has 0 atom stereocenters. The van der Waals surface area contributed by atoms with Gasteiger partial charge in [-0.1, -0.05) is 36.3 Å². The maximum Gasteiger partial charge on any atom is 0.253 e. The number of terminal acetylenes is 1. The Balaban J connectivity index is 2.35. The third kappa shape index (κ3) is 2.87. The molecule has 0 spiro atoms. The zero-order valence-electron chi connectivity index (χ0n) is 10.4. The zero-order chi connectivity index (χ0) is 13.9. The molecule has 3 nitrogen and oxygen atoms in total. The van der Waals surface area contributed by atoms with Crippen LogP contribution < -0.4 is 0 Å². The standard InChI is InChI=1S/C14H13NO2S2/c1-3-11-15(2)19(16,17)14-10-9-13(18-14)12-7-5-4-6-8-12/h1,4-10H,11H2,2H3. The van der Waals surface area contributed by atoms with E-state index in [-0.39, 0.29) is 6.54 Å². The van der Waals surface area contributed by atoms with Crippen molar-refractivity contribution in [2.45, 2.75) is 4.21 Å². The van der Waals surface area contributed by atoms with E-state index in [2.05, 4.69) is 5.92 Å². The number of thiophene rings is 1. The number of nitrogens with zero attached hydrogens (tertiary/aromatic N) is 1. The van der Waals surface area contributed by atoms with Crippen molar-refractivity contribution in [3.05, 3.63) is 42.5 Å². The van der Waals surface area contributed by atoms with Crippen molar-refractivity contribution in [1.82, 2.24) is 4.31 Å². The number of sulfonamides is 1. The van der Waals surface area contributed by atoms with E-state index < -0.39 is 10.0 Å². The van der Waals surface area contributed by atoms with Crippen LogP contribution >= 0.6 is 11.3 Å². The topological polar surface area (TPSA) is 37.4 Å². The first kappa shape index (κ1) is 13.8. The van der Waals surface area contributed by atoms with Crippen LogP contribution in [0.2, 0.25) is 0 Å². The predicted molar refractivity (Wildman–Crippen MR) is 78.4 cm³/mol. The predicted octanol–water partition coefficient (Wildman–Crippen LogP) is 2.67. The van der Waals surface area contributed by atoms with Gasteiger partial charge in [-0.3, -0.25) is 0 Å². The van der Waals surface area contributed by atoms with Gasteiger partial charge in [0.25, 0.3) is 10.0 Å². The van der Waals surface area contributed by atoms with Crippen molar-refractivity contribution in [3.8, 4) is 22.8 Å². The largest absolute Gasteiger partial charge is 0.253 e. The van der Waals surface area contributed by atoms with E-state index in [1.165, 1.54) is 22.7 Å². The van der Waals surface area contributed by atoms with Crippen molar-refractivity contribution in [2.24, 2.45) is 0 Å². The minimum Gasteiger partial charge on any atom is -0.206 e. The summed E-state index contributed by atoms with van der Waals surface area (Å²) in [5.74, 6) is 2.33. The molecule has 19 heavy (non-hydrogen) atoms. The summed E-state index contributed by atoms with van der Waals surface area (Å²) in [5.41, 5.74) is 1.01. The van der Waals surface area contributed by atoms with Crippen molar-refractivity contribution in [2.75, 3.05) is 13.6 Å². The van der Waals surface area contributed by atoms with Crippen molar-refractivity contribution in [1.29, 1.82) is 0 Å². The Morgan fingerprint density at radius 1 is 1.21 bits per heavy atom. The second-order valence-electron chi connectivity index (χ2n) is 3.95. The number of benzene rings is 1. The molecule has 5 heteroatoms. The lowest BCUT2D eigenvalue weighted by Gasteiger charge is -2.12. The maximum absolute atomic E-state index is 12.2. The molecule has 2 rings (SSSR count). The molecule has 2 aromatic rings. The molecule has 1 aromatic carbocycles. The van der Waals surface area contributed by atoms with Gasteiger partial charge in [0.1, 0.15) is 4.21 Å². The van der Waals surface area contributed by atoms with Crippen LogP contribution in [0.25, 0.3) is 10.4 Å². The van der Waals surface area contributed by atoms with E-state index in [0.717, 1.165) is 10.4 Å². The molecular weight excluding hydrogens is 278 g/mol. The summed E-state index contributed by atoms with van der Waals surface area (Å²) in [4.78, 5) is 0.924. The molecule has 1 aromatic heterocycles. The highest BCUT2D eigenvalue weighted by molar-refractivity contribution is 7.91. The third-order valence-electron chi connectivity index (χ3n) is 2.62. The van der Waals surface area contributed by atoms with Gasteiger partial charge in [0, 0.05) is 11.9 Å². The van der Waals surface area contributed by atoms with Gasteiger partial charge < -0.3 is 0 Å². The lowest BCUT2D eigenvalue weighted by Crippen LogP contribution is -2.26. The summed E-state index contributed by atoms with van der Waals surface area (Å²) in [5, 5.41) is 0. The molecule has 0 aliphatic rings. The van der Waals surface area contributed by atoms with Crippen LogP contribution in [0.3, 0.4) is 0 Å². The van der Waals surface area contributed by atoms with Crippen molar-refractivity contribution in [3.63, 3.8) is 0 Å². The SMILES string of the molecule is C#CCN(C)S(=O)(=O)c1ccc(-c2ccccc2)s1. The van der Waals surface area contributed by atoms with Gasteiger partial charge in [-0.2, -0.15) is 4.31 Å². The summed E-state index contributed by atoms with van der Waals surface area (Å²) >= 11 is 1.25. The summed E-state index contributed by atoms with van der Waals surface area (Å²) in [6.45, 7) is 0.0703. The fourth-order valence-electron chi connectivity index (χ4n) is 1.58. The van der Waals surface area contributed by atoms with Crippen LogP contribution in [0.15, 0.2) is 46.7 Å². The Labute approximate surface area is 117 Å². The quantitative estimate of drug-likeness (QED) is 0.812. The minimum absolute atomic E-state index is 0.0703. The molecule has 0 amide bonds. The van der Waals surface area contributed by atoms with E-state index in [1.807, 2.05) is 36.4 Å². The Bertz CT molecular complexity index is 697. The molecular formula is C14H13NO2S2. The minimum atomic E-state index is -3.48. The van der Waals surface area contributed by atoms with Crippen LogP contribution in [0, 0.1) is 12.3 Å². The van der Waals surface area contributed by atoms with Gasteiger partial charge in [0.2, 0.25) is 0 Å². The monoisotopic (exact) mass is 291 g/mol. The molecule has 0 aliphatic carbocycles. The van der Waals surface area contributed by atoms with E-state index in [4.69, 9.17) is 6.42 Å². The fourth-order valence-corrected chi connectivity index (χ4v) is 4.19. The van der Waals surface area contributed by atoms with Crippen LogP contribution in [0.4, 0.5) is 0 Å². The number of rotatable bonds is 4. The highest BCUT2D eigenvalue weighted by Crippen LogP contribution is 2.31. The Morgan fingerprint density at radius 3 is 2.53 bits per heavy atom. The average molecular weight is 291 g/mol. The maximum atomic E-state index is 12.2. The average Bonchev–Trinajstić information content (AvgIpc) is 2.90. The number of hydrogen-bond donors (Lipinski definition) is 0. The molecule has 0 fully saturated rings. The van der Waals surface area contributed by atoms with E-state index in [9.17, 15) is 8.42 Å². The molecule has 0 aliphatic heterocycles. The number of hydrogen-bond acceptors (Lipinski definition) is 3. The lowest BCUT2D eigenvalue weighted by molar-refractivity contribution is 0.505. The molecule has 0 N–H and O–H groups in total. The van der Waals surface area contributed by atoms with Gasteiger partial charge >= 0.3 is 0 Å². The van der Waals surface area contributed by atoms with Gasteiger partial charge in [-0.05, 0) is 17.7 Å². The second-order valence-corrected chi connectivity index (χ2v) is 7.31. The fraction of sp³-hybridized carbons (Fsp3) is 0.143. The molecule has 0 unspecified atom stereocenters. The normalized spacial score (nSPS) is 11.4. The van der Waals surface area contributed by atoms with E-state index in [1.54, 1.807) is 6.07 Å². The van der Waals surface area contributed by atoms with Gasteiger partial charge in [-0.15, -0.1) is 17.8 Å². The highest BCUT2D eigenvalue weighted by atomic mass is 32.2. The highest BCUT2D eigenvalue weighted by Gasteiger charge is 2.22. The van der Waals surface area contributed by atoms with Crippen LogP contribution in [0.5, 0.6) is 0 Å². The molecule has 1 heterocycles. The summed E-state index contributed by atoms with van der Waals surface area (Å²) in [7, 11) is -2.00. The Hall–Kier alpha value is -1.61.